The minimum Gasteiger partial charge on any atom is -0.489 e. The van der Waals surface area contributed by atoms with Gasteiger partial charge in [-0.25, -0.2) is 8.78 Å². The molecule has 0 saturated heterocycles. The number of halogens is 3. The lowest BCUT2D eigenvalue weighted by atomic mass is 10.1. The summed E-state index contributed by atoms with van der Waals surface area (Å²) < 4.78 is 32.5. The molecule has 20 heavy (non-hydrogen) atoms. The Kier molecular flexibility index (Phi) is 4.73. The predicted octanol–water partition coefficient (Wildman–Crippen LogP) is 4.36. The van der Waals surface area contributed by atoms with E-state index < -0.39 is 11.9 Å². The SMILES string of the molecule is CC(O)c1cc(F)ccc1OCc1cc(F)cc(Br)c1. The molecule has 1 N–H and O–H groups in total. The fourth-order valence-electron chi connectivity index (χ4n) is 1.83. The van der Waals surface area contributed by atoms with E-state index in [0.717, 1.165) is 0 Å². The maximum absolute atomic E-state index is 13.2. The molecule has 0 bridgehead atoms. The predicted molar refractivity (Wildman–Crippen MR) is 75.5 cm³/mol. The van der Waals surface area contributed by atoms with Crippen molar-refractivity contribution < 1.29 is 18.6 Å². The van der Waals surface area contributed by atoms with Gasteiger partial charge in [0.1, 0.15) is 24.0 Å². The smallest absolute Gasteiger partial charge is 0.125 e. The van der Waals surface area contributed by atoms with E-state index in [1.807, 2.05) is 0 Å². The van der Waals surface area contributed by atoms with Crippen LogP contribution in [0.2, 0.25) is 0 Å². The molecule has 2 aromatic rings. The molecule has 106 valence electrons. The zero-order chi connectivity index (χ0) is 14.7. The second-order valence-corrected chi connectivity index (χ2v) is 5.34. The highest BCUT2D eigenvalue weighted by Crippen LogP contribution is 2.27. The summed E-state index contributed by atoms with van der Waals surface area (Å²) in [7, 11) is 0. The molecule has 0 amide bonds. The Labute approximate surface area is 124 Å². The summed E-state index contributed by atoms with van der Waals surface area (Å²) in [4.78, 5) is 0. The van der Waals surface area contributed by atoms with E-state index in [1.54, 1.807) is 6.07 Å². The number of rotatable bonds is 4. The van der Waals surface area contributed by atoms with Gasteiger partial charge in [0.05, 0.1) is 6.10 Å². The number of hydrogen-bond acceptors (Lipinski definition) is 2. The number of aliphatic hydroxyl groups is 1. The first-order valence-corrected chi connectivity index (χ1v) is 6.80. The summed E-state index contributed by atoms with van der Waals surface area (Å²) in [6.07, 6.45) is -0.847. The Morgan fingerprint density at radius 1 is 1.15 bits per heavy atom. The molecular formula is C15H13BrF2O2. The Morgan fingerprint density at radius 2 is 1.90 bits per heavy atom. The molecule has 1 unspecified atom stereocenters. The molecule has 5 heteroatoms. The van der Waals surface area contributed by atoms with E-state index in [-0.39, 0.29) is 12.4 Å². The fraction of sp³-hybridized carbons (Fsp3) is 0.200. The summed E-state index contributed by atoms with van der Waals surface area (Å²) >= 11 is 3.20. The van der Waals surface area contributed by atoms with Crippen molar-refractivity contribution in [2.45, 2.75) is 19.6 Å². The van der Waals surface area contributed by atoms with Gasteiger partial charge in [0, 0.05) is 10.0 Å². The molecule has 0 aromatic heterocycles. The largest absolute Gasteiger partial charge is 0.489 e. The second-order valence-electron chi connectivity index (χ2n) is 4.42. The van der Waals surface area contributed by atoms with Crippen molar-refractivity contribution in [3.8, 4) is 5.75 Å². The van der Waals surface area contributed by atoms with Gasteiger partial charge in [0.2, 0.25) is 0 Å². The number of aliphatic hydroxyl groups excluding tert-OH is 1. The minimum atomic E-state index is -0.847. The van der Waals surface area contributed by atoms with E-state index in [4.69, 9.17) is 4.74 Å². The lowest BCUT2D eigenvalue weighted by Gasteiger charge is -2.13. The fourth-order valence-corrected chi connectivity index (χ4v) is 2.35. The first-order valence-electron chi connectivity index (χ1n) is 6.01. The molecule has 2 rings (SSSR count). The van der Waals surface area contributed by atoms with Crippen LogP contribution >= 0.6 is 15.9 Å². The summed E-state index contributed by atoms with van der Waals surface area (Å²) in [5.74, 6) is -0.434. The van der Waals surface area contributed by atoms with Gasteiger partial charge < -0.3 is 9.84 Å². The van der Waals surface area contributed by atoms with Gasteiger partial charge in [-0.1, -0.05) is 15.9 Å². The monoisotopic (exact) mass is 342 g/mol. The van der Waals surface area contributed by atoms with Crippen LogP contribution in [0.1, 0.15) is 24.2 Å². The normalized spacial score (nSPS) is 12.2. The number of ether oxygens (including phenoxy) is 1. The quantitative estimate of drug-likeness (QED) is 0.894. The van der Waals surface area contributed by atoms with Gasteiger partial charge in [-0.15, -0.1) is 0 Å². The molecule has 0 saturated carbocycles. The highest BCUT2D eigenvalue weighted by Gasteiger charge is 2.11. The zero-order valence-electron chi connectivity index (χ0n) is 10.7. The molecule has 0 aliphatic carbocycles. The van der Waals surface area contributed by atoms with Crippen LogP contribution in [0.3, 0.4) is 0 Å². The summed E-state index contributed by atoms with van der Waals surface area (Å²) in [6, 6.07) is 8.36. The molecule has 0 spiro atoms. The zero-order valence-corrected chi connectivity index (χ0v) is 12.3. The third-order valence-electron chi connectivity index (χ3n) is 2.74. The molecular weight excluding hydrogens is 330 g/mol. The molecule has 0 aliphatic rings. The second kappa shape index (κ2) is 6.33. The van der Waals surface area contributed by atoms with Crippen LogP contribution < -0.4 is 4.74 Å². The van der Waals surface area contributed by atoms with Crippen LogP contribution in [0.25, 0.3) is 0 Å². The van der Waals surface area contributed by atoms with Crippen LogP contribution in [0.5, 0.6) is 5.75 Å². The van der Waals surface area contributed by atoms with Gasteiger partial charge in [-0.05, 0) is 48.9 Å². The average Bonchev–Trinajstić information content (AvgIpc) is 2.36. The molecule has 2 aromatic carbocycles. The van der Waals surface area contributed by atoms with Gasteiger partial charge in [0.15, 0.2) is 0 Å². The highest BCUT2D eigenvalue weighted by atomic mass is 79.9. The number of hydrogen-bond donors (Lipinski definition) is 1. The van der Waals surface area contributed by atoms with Crippen molar-refractivity contribution in [1.82, 2.24) is 0 Å². The van der Waals surface area contributed by atoms with Crippen molar-refractivity contribution in [3.05, 3.63) is 63.6 Å². The molecule has 1 atom stereocenters. The van der Waals surface area contributed by atoms with Crippen molar-refractivity contribution in [2.75, 3.05) is 0 Å². The van der Waals surface area contributed by atoms with Gasteiger partial charge in [-0.3, -0.25) is 0 Å². The maximum Gasteiger partial charge on any atom is 0.125 e. The lowest BCUT2D eigenvalue weighted by Crippen LogP contribution is -2.02. The van der Waals surface area contributed by atoms with Crippen LogP contribution in [-0.2, 0) is 6.61 Å². The van der Waals surface area contributed by atoms with Crippen molar-refractivity contribution in [3.63, 3.8) is 0 Å². The molecule has 0 aliphatic heterocycles. The molecule has 0 radical (unpaired) electrons. The highest BCUT2D eigenvalue weighted by molar-refractivity contribution is 9.10. The van der Waals surface area contributed by atoms with Gasteiger partial charge in [0.25, 0.3) is 0 Å². The van der Waals surface area contributed by atoms with Crippen LogP contribution in [0.15, 0.2) is 40.9 Å². The van der Waals surface area contributed by atoms with E-state index in [0.29, 0.717) is 21.3 Å². The Bertz CT molecular complexity index is 595. The standard InChI is InChI=1S/C15H13BrF2O2/c1-9(19)14-7-12(17)2-3-15(14)20-8-10-4-11(16)6-13(18)5-10/h2-7,9,19H,8H2,1H3. The van der Waals surface area contributed by atoms with E-state index in [2.05, 4.69) is 15.9 Å². The molecule has 0 heterocycles. The van der Waals surface area contributed by atoms with Crippen LogP contribution in [0.4, 0.5) is 8.78 Å². The van der Waals surface area contributed by atoms with Gasteiger partial charge >= 0.3 is 0 Å². The topological polar surface area (TPSA) is 29.5 Å². The van der Waals surface area contributed by atoms with Crippen molar-refractivity contribution in [2.24, 2.45) is 0 Å². The number of benzene rings is 2. The Morgan fingerprint density at radius 3 is 2.55 bits per heavy atom. The van der Waals surface area contributed by atoms with Crippen molar-refractivity contribution in [1.29, 1.82) is 0 Å². The lowest BCUT2D eigenvalue weighted by molar-refractivity contribution is 0.189. The first kappa shape index (κ1) is 14.9. The summed E-state index contributed by atoms with van der Waals surface area (Å²) in [6.45, 7) is 1.65. The van der Waals surface area contributed by atoms with E-state index in [9.17, 15) is 13.9 Å². The summed E-state index contributed by atoms with van der Waals surface area (Å²) in [5.41, 5.74) is 0.998. The first-order chi connectivity index (χ1) is 9.45. The Hall–Kier alpha value is -1.46. The summed E-state index contributed by atoms with van der Waals surface area (Å²) in [5, 5.41) is 9.60. The molecule has 2 nitrogen and oxygen atoms in total. The molecule has 0 fully saturated rings. The Balaban J connectivity index is 2.18. The van der Waals surface area contributed by atoms with E-state index >= 15 is 0 Å². The average molecular weight is 343 g/mol. The third kappa shape index (κ3) is 3.77. The van der Waals surface area contributed by atoms with E-state index in [1.165, 1.54) is 37.3 Å². The van der Waals surface area contributed by atoms with Crippen LogP contribution in [0, 0.1) is 11.6 Å². The maximum atomic E-state index is 13.2. The van der Waals surface area contributed by atoms with Crippen LogP contribution in [-0.4, -0.2) is 5.11 Å². The minimum absolute atomic E-state index is 0.127. The van der Waals surface area contributed by atoms with Crippen molar-refractivity contribution >= 4 is 15.9 Å². The third-order valence-corrected chi connectivity index (χ3v) is 3.20. The van der Waals surface area contributed by atoms with Gasteiger partial charge in [-0.2, -0.15) is 0 Å².